The van der Waals surface area contributed by atoms with Gasteiger partial charge in [-0.05, 0) is 67.1 Å². The van der Waals surface area contributed by atoms with Gasteiger partial charge in [0.2, 0.25) is 0 Å². The number of carbonyl (C=O) groups is 2. The summed E-state index contributed by atoms with van der Waals surface area (Å²) in [4.78, 5) is 24.4. The Kier molecular flexibility index (Phi) is 6.64. The van der Waals surface area contributed by atoms with Gasteiger partial charge < -0.3 is 20.1 Å². The van der Waals surface area contributed by atoms with Gasteiger partial charge in [-0.1, -0.05) is 6.07 Å². The minimum Gasteiger partial charge on any atom is -0.497 e. The first-order valence-corrected chi connectivity index (χ1v) is 9.19. The summed E-state index contributed by atoms with van der Waals surface area (Å²) >= 11 is 0. The van der Waals surface area contributed by atoms with Crippen molar-refractivity contribution in [2.75, 3.05) is 24.4 Å². The van der Waals surface area contributed by atoms with Gasteiger partial charge >= 0.3 is 0 Å². The SMILES string of the molecule is COc1cccc(NC(=O)COc2ccc(C(=O)Nc3ccc(F)cc3C)cc2)c1. The highest BCUT2D eigenvalue weighted by atomic mass is 19.1. The molecule has 0 aromatic heterocycles. The maximum Gasteiger partial charge on any atom is 0.262 e. The molecule has 0 bridgehead atoms. The van der Waals surface area contributed by atoms with Gasteiger partial charge in [-0.3, -0.25) is 9.59 Å². The first kappa shape index (κ1) is 20.9. The number of nitrogens with one attached hydrogen (secondary N) is 2. The van der Waals surface area contributed by atoms with Crippen LogP contribution < -0.4 is 20.1 Å². The van der Waals surface area contributed by atoms with E-state index in [4.69, 9.17) is 9.47 Å². The normalized spacial score (nSPS) is 10.2. The zero-order valence-corrected chi connectivity index (χ0v) is 16.6. The summed E-state index contributed by atoms with van der Waals surface area (Å²) < 4.78 is 23.8. The molecule has 0 saturated carbocycles. The fourth-order valence-corrected chi connectivity index (χ4v) is 2.71. The Morgan fingerprint density at radius 2 is 1.70 bits per heavy atom. The first-order valence-electron chi connectivity index (χ1n) is 9.19. The van der Waals surface area contributed by atoms with Crippen LogP contribution in [0.2, 0.25) is 0 Å². The molecule has 0 unspecified atom stereocenters. The van der Waals surface area contributed by atoms with Crippen LogP contribution in [0.4, 0.5) is 15.8 Å². The molecule has 154 valence electrons. The van der Waals surface area contributed by atoms with Gasteiger partial charge in [0.05, 0.1) is 7.11 Å². The predicted molar refractivity (Wildman–Crippen MR) is 113 cm³/mol. The quantitative estimate of drug-likeness (QED) is 0.607. The van der Waals surface area contributed by atoms with Gasteiger partial charge in [0.15, 0.2) is 6.61 Å². The van der Waals surface area contributed by atoms with E-state index in [2.05, 4.69) is 10.6 Å². The molecule has 7 heteroatoms. The zero-order chi connectivity index (χ0) is 21.5. The summed E-state index contributed by atoms with van der Waals surface area (Å²) in [6.07, 6.45) is 0. The smallest absolute Gasteiger partial charge is 0.262 e. The monoisotopic (exact) mass is 408 g/mol. The lowest BCUT2D eigenvalue weighted by Gasteiger charge is -2.10. The van der Waals surface area contributed by atoms with E-state index in [1.807, 2.05) is 0 Å². The van der Waals surface area contributed by atoms with E-state index in [1.165, 1.54) is 18.2 Å². The number of methoxy groups -OCH3 is 1. The Labute approximate surface area is 173 Å². The second-order valence-corrected chi connectivity index (χ2v) is 6.51. The summed E-state index contributed by atoms with van der Waals surface area (Å²) in [5.74, 6) is 0.0787. The minimum absolute atomic E-state index is 0.183. The Hall–Kier alpha value is -3.87. The number of hydrogen-bond acceptors (Lipinski definition) is 4. The number of aryl methyl sites for hydroxylation is 1. The highest BCUT2D eigenvalue weighted by Gasteiger charge is 2.09. The zero-order valence-electron chi connectivity index (χ0n) is 16.6. The van der Waals surface area contributed by atoms with Gasteiger partial charge in [0, 0.05) is 23.0 Å². The molecule has 6 nitrogen and oxygen atoms in total. The Bertz CT molecular complexity index is 1050. The van der Waals surface area contributed by atoms with Crippen LogP contribution in [0.25, 0.3) is 0 Å². The molecule has 0 spiro atoms. The molecule has 0 fully saturated rings. The topological polar surface area (TPSA) is 76.7 Å². The van der Waals surface area contributed by atoms with Crippen molar-refractivity contribution < 1.29 is 23.5 Å². The molecular weight excluding hydrogens is 387 g/mol. The third-order valence-corrected chi connectivity index (χ3v) is 4.28. The van der Waals surface area contributed by atoms with Gasteiger partial charge in [-0.2, -0.15) is 0 Å². The number of benzene rings is 3. The van der Waals surface area contributed by atoms with E-state index in [0.717, 1.165) is 0 Å². The summed E-state index contributed by atoms with van der Waals surface area (Å²) in [5, 5.41) is 5.46. The molecule has 0 aliphatic rings. The average molecular weight is 408 g/mol. The summed E-state index contributed by atoms with van der Waals surface area (Å²) in [7, 11) is 1.55. The Morgan fingerprint density at radius 1 is 0.933 bits per heavy atom. The van der Waals surface area contributed by atoms with Gasteiger partial charge in [-0.25, -0.2) is 4.39 Å². The molecule has 30 heavy (non-hydrogen) atoms. The van der Waals surface area contributed by atoms with Gasteiger partial charge in [-0.15, -0.1) is 0 Å². The fraction of sp³-hybridized carbons (Fsp3) is 0.130. The third kappa shape index (κ3) is 5.57. The number of amides is 2. The summed E-state index contributed by atoms with van der Waals surface area (Å²) in [6.45, 7) is 1.53. The highest BCUT2D eigenvalue weighted by molar-refractivity contribution is 6.04. The van der Waals surface area contributed by atoms with Crippen LogP contribution in [0.5, 0.6) is 11.5 Å². The molecule has 0 radical (unpaired) electrons. The van der Waals surface area contributed by atoms with Crippen LogP contribution in [-0.2, 0) is 4.79 Å². The van der Waals surface area contributed by atoms with Crippen molar-refractivity contribution in [3.8, 4) is 11.5 Å². The predicted octanol–water partition coefficient (Wildman–Crippen LogP) is 4.41. The number of hydrogen-bond donors (Lipinski definition) is 2. The number of rotatable bonds is 7. The fourth-order valence-electron chi connectivity index (χ4n) is 2.71. The second kappa shape index (κ2) is 9.56. The molecule has 3 aromatic carbocycles. The molecule has 3 aromatic rings. The van der Waals surface area contributed by atoms with Crippen molar-refractivity contribution in [2.24, 2.45) is 0 Å². The van der Waals surface area contributed by atoms with Crippen LogP contribution in [-0.4, -0.2) is 25.5 Å². The molecule has 0 heterocycles. The van der Waals surface area contributed by atoms with Crippen LogP contribution in [0.15, 0.2) is 66.7 Å². The second-order valence-electron chi connectivity index (χ2n) is 6.51. The van der Waals surface area contributed by atoms with Crippen LogP contribution in [0.3, 0.4) is 0 Å². The maximum atomic E-state index is 13.2. The summed E-state index contributed by atoms with van der Waals surface area (Å²) in [6, 6.07) is 17.5. The van der Waals surface area contributed by atoms with E-state index in [1.54, 1.807) is 62.6 Å². The van der Waals surface area contributed by atoms with Crippen molar-refractivity contribution in [2.45, 2.75) is 6.92 Å². The lowest BCUT2D eigenvalue weighted by molar-refractivity contribution is -0.118. The van der Waals surface area contributed by atoms with Crippen molar-refractivity contribution >= 4 is 23.2 Å². The molecule has 2 N–H and O–H groups in total. The first-order chi connectivity index (χ1) is 14.4. The summed E-state index contributed by atoms with van der Waals surface area (Å²) in [5.41, 5.74) is 2.18. The van der Waals surface area contributed by atoms with Crippen LogP contribution in [0, 0.1) is 12.7 Å². The standard InChI is InChI=1S/C23H21FN2O4/c1-15-12-17(24)8-11-21(15)26-23(28)16-6-9-19(10-7-16)30-14-22(27)25-18-4-3-5-20(13-18)29-2/h3-13H,14H2,1-2H3,(H,25,27)(H,26,28). The van der Waals surface area contributed by atoms with Crippen molar-refractivity contribution in [1.82, 2.24) is 0 Å². The lowest BCUT2D eigenvalue weighted by Crippen LogP contribution is -2.20. The average Bonchev–Trinajstić information content (AvgIpc) is 2.74. The Morgan fingerprint density at radius 3 is 2.40 bits per heavy atom. The van der Waals surface area contributed by atoms with Crippen molar-refractivity contribution in [3.63, 3.8) is 0 Å². The number of carbonyl (C=O) groups excluding carboxylic acids is 2. The van der Waals surface area contributed by atoms with E-state index in [-0.39, 0.29) is 24.2 Å². The van der Waals surface area contributed by atoms with Crippen LogP contribution in [0.1, 0.15) is 15.9 Å². The van der Waals surface area contributed by atoms with Crippen LogP contribution >= 0.6 is 0 Å². The molecule has 2 amide bonds. The van der Waals surface area contributed by atoms with E-state index in [0.29, 0.717) is 34.0 Å². The third-order valence-electron chi connectivity index (χ3n) is 4.28. The number of anilines is 2. The Balaban J connectivity index is 1.53. The van der Waals surface area contributed by atoms with E-state index < -0.39 is 0 Å². The molecule has 0 saturated heterocycles. The van der Waals surface area contributed by atoms with E-state index in [9.17, 15) is 14.0 Å². The molecule has 0 atom stereocenters. The molecule has 0 aliphatic carbocycles. The molecule has 0 aliphatic heterocycles. The van der Waals surface area contributed by atoms with Gasteiger partial charge in [0.25, 0.3) is 11.8 Å². The maximum absolute atomic E-state index is 13.2. The highest BCUT2D eigenvalue weighted by Crippen LogP contribution is 2.19. The lowest BCUT2D eigenvalue weighted by atomic mass is 10.1. The molecule has 3 rings (SSSR count). The minimum atomic E-state index is -0.359. The van der Waals surface area contributed by atoms with Crippen molar-refractivity contribution in [3.05, 3.63) is 83.7 Å². The van der Waals surface area contributed by atoms with E-state index >= 15 is 0 Å². The molecular formula is C23H21FN2O4. The number of halogens is 1. The number of ether oxygens (including phenoxy) is 2. The largest absolute Gasteiger partial charge is 0.497 e. The van der Waals surface area contributed by atoms with Gasteiger partial charge in [0.1, 0.15) is 17.3 Å². The van der Waals surface area contributed by atoms with Crippen molar-refractivity contribution in [1.29, 1.82) is 0 Å².